The van der Waals surface area contributed by atoms with Gasteiger partial charge in [0.15, 0.2) is 0 Å². The number of allylic oxidation sites excluding steroid dienone is 1. The first-order valence-corrected chi connectivity index (χ1v) is 5.81. The Hall–Kier alpha value is -0.980. The summed E-state index contributed by atoms with van der Waals surface area (Å²) in [5, 5.41) is 0. The summed E-state index contributed by atoms with van der Waals surface area (Å²) >= 11 is 0. The average molecular weight is 207 g/mol. The van der Waals surface area contributed by atoms with E-state index in [1.54, 1.807) is 0 Å². The van der Waals surface area contributed by atoms with E-state index >= 15 is 0 Å². The molecule has 0 saturated heterocycles. The van der Waals surface area contributed by atoms with Crippen molar-refractivity contribution in [2.75, 3.05) is 6.54 Å². The van der Waals surface area contributed by atoms with Crippen molar-refractivity contribution in [3.05, 3.63) is 37.6 Å². The summed E-state index contributed by atoms with van der Waals surface area (Å²) in [7, 11) is 0. The highest BCUT2D eigenvalue weighted by molar-refractivity contribution is 5.05. The molecule has 0 bridgehead atoms. The Balaban J connectivity index is 4.75. The van der Waals surface area contributed by atoms with Gasteiger partial charge in [0.25, 0.3) is 0 Å². The molecule has 0 rings (SSSR count). The summed E-state index contributed by atoms with van der Waals surface area (Å²) in [6.45, 7) is 19.4. The fourth-order valence-corrected chi connectivity index (χ4v) is 1.73. The van der Waals surface area contributed by atoms with Gasteiger partial charge in [-0.3, -0.25) is 0 Å². The summed E-state index contributed by atoms with van der Waals surface area (Å²) in [6.07, 6.45) is 6.11. The summed E-state index contributed by atoms with van der Waals surface area (Å²) in [6, 6.07) is 0.329. The normalized spacial score (nSPS) is 14.1. The predicted octanol–water partition coefficient (Wildman–Crippen LogP) is 4.00. The van der Waals surface area contributed by atoms with Crippen LogP contribution in [-0.4, -0.2) is 17.5 Å². The van der Waals surface area contributed by atoms with Gasteiger partial charge >= 0.3 is 0 Å². The molecule has 0 saturated carbocycles. The molecule has 0 aliphatic carbocycles. The maximum atomic E-state index is 4.12. The smallest absolute Gasteiger partial charge is 0.0527 e. The van der Waals surface area contributed by atoms with E-state index in [1.807, 2.05) is 12.2 Å². The Morgan fingerprint density at radius 3 is 2.20 bits per heavy atom. The maximum Gasteiger partial charge on any atom is 0.0527 e. The molecule has 0 aromatic heterocycles. The first kappa shape index (κ1) is 14.0. The van der Waals surface area contributed by atoms with Gasteiger partial charge in [-0.05, 0) is 18.8 Å². The van der Waals surface area contributed by atoms with Gasteiger partial charge in [0.05, 0.1) is 6.04 Å². The third-order valence-corrected chi connectivity index (χ3v) is 2.79. The lowest BCUT2D eigenvalue weighted by Gasteiger charge is -2.35. The number of rotatable bonds is 8. The van der Waals surface area contributed by atoms with E-state index in [4.69, 9.17) is 0 Å². The second kappa shape index (κ2) is 7.33. The lowest BCUT2D eigenvalue weighted by atomic mass is 9.99. The first-order chi connectivity index (χ1) is 7.12. The second-order valence-corrected chi connectivity index (χ2v) is 3.93. The molecular formula is C14H25N. The van der Waals surface area contributed by atoms with E-state index in [9.17, 15) is 0 Å². The highest BCUT2D eigenvalue weighted by Gasteiger charge is 2.19. The zero-order valence-corrected chi connectivity index (χ0v) is 10.5. The molecule has 0 amide bonds. The zero-order valence-electron chi connectivity index (χ0n) is 10.5. The molecule has 0 aliphatic rings. The van der Waals surface area contributed by atoms with Crippen molar-refractivity contribution in [2.45, 2.75) is 39.7 Å². The monoisotopic (exact) mass is 207 g/mol. The van der Waals surface area contributed by atoms with Gasteiger partial charge < -0.3 is 4.90 Å². The molecule has 2 unspecified atom stereocenters. The Bertz CT molecular complexity index is 217. The van der Waals surface area contributed by atoms with Gasteiger partial charge in [0, 0.05) is 12.2 Å². The molecule has 1 heteroatoms. The Morgan fingerprint density at radius 1 is 1.27 bits per heavy atom. The highest BCUT2D eigenvalue weighted by atomic mass is 15.2. The third-order valence-electron chi connectivity index (χ3n) is 2.79. The Morgan fingerprint density at radius 2 is 1.87 bits per heavy atom. The third kappa shape index (κ3) is 3.94. The summed E-state index contributed by atoms with van der Waals surface area (Å²) in [5.41, 5.74) is 1.19. The highest BCUT2D eigenvalue weighted by Crippen LogP contribution is 2.19. The number of nitrogens with zero attached hydrogens (tertiary/aromatic N) is 1. The van der Waals surface area contributed by atoms with Crippen LogP contribution in [0.4, 0.5) is 0 Å². The van der Waals surface area contributed by atoms with Crippen LogP contribution in [0.5, 0.6) is 0 Å². The Labute approximate surface area is 95.2 Å². The molecule has 0 aromatic rings. The van der Waals surface area contributed by atoms with Gasteiger partial charge in [-0.1, -0.05) is 39.5 Å². The van der Waals surface area contributed by atoms with Crippen LogP contribution in [0, 0.1) is 5.92 Å². The molecule has 0 radical (unpaired) electrons. The van der Waals surface area contributed by atoms with Gasteiger partial charge in [-0.2, -0.15) is 0 Å². The lowest BCUT2D eigenvalue weighted by molar-refractivity contribution is 0.250. The van der Waals surface area contributed by atoms with Crippen molar-refractivity contribution in [3.8, 4) is 0 Å². The minimum atomic E-state index is 0.329. The van der Waals surface area contributed by atoms with Gasteiger partial charge in [-0.25, -0.2) is 0 Å². The fourth-order valence-electron chi connectivity index (χ4n) is 1.73. The lowest BCUT2D eigenvalue weighted by Crippen LogP contribution is -2.37. The molecule has 0 spiro atoms. The van der Waals surface area contributed by atoms with Gasteiger partial charge in [0.1, 0.15) is 0 Å². The molecule has 86 valence electrons. The molecule has 0 N–H and O–H groups in total. The quantitative estimate of drug-likeness (QED) is 0.544. The summed E-state index contributed by atoms with van der Waals surface area (Å²) < 4.78 is 0. The average Bonchev–Trinajstić information content (AvgIpc) is 2.27. The van der Waals surface area contributed by atoms with E-state index in [0.29, 0.717) is 12.0 Å². The van der Waals surface area contributed by atoms with Crippen molar-refractivity contribution in [3.63, 3.8) is 0 Å². The number of hydrogen-bond donors (Lipinski definition) is 0. The summed E-state index contributed by atoms with van der Waals surface area (Å²) in [4.78, 5) is 2.35. The van der Waals surface area contributed by atoms with Gasteiger partial charge in [-0.15, -0.1) is 13.2 Å². The van der Waals surface area contributed by atoms with E-state index in [2.05, 4.69) is 45.4 Å². The number of hydrogen-bond acceptors (Lipinski definition) is 1. The van der Waals surface area contributed by atoms with Crippen LogP contribution in [0.25, 0.3) is 0 Å². The van der Waals surface area contributed by atoms with Crippen LogP contribution < -0.4 is 0 Å². The van der Waals surface area contributed by atoms with Crippen molar-refractivity contribution < 1.29 is 0 Å². The van der Waals surface area contributed by atoms with Crippen LogP contribution in [0.1, 0.15) is 33.6 Å². The maximum absolute atomic E-state index is 4.12. The molecule has 0 aromatic carbocycles. The van der Waals surface area contributed by atoms with Crippen molar-refractivity contribution in [2.24, 2.45) is 5.92 Å². The second-order valence-electron chi connectivity index (χ2n) is 3.93. The fraction of sp³-hybridized carbons (Fsp3) is 0.571. The minimum absolute atomic E-state index is 0.329. The molecule has 2 atom stereocenters. The van der Waals surface area contributed by atoms with Crippen LogP contribution in [0.2, 0.25) is 0 Å². The molecule has 15 heavy (non-hydrogen) atoms. The van der Waals surface area contributed by atoms with E-state index in [0.717, 1.165) is 19.4 Å². The first-order valence-electron chi connectivity index (χ1n) is 5.81. The van der Waals surface area contributed by atoms with Gasteiger partial charge in [0.2, 0.25) is 0 Å². The molecule has 0 heterocycles. The Kier molecular flexibility index (Phi) is 6.85. The molecule has 0 aliphatic heterocycles. The van der Waals surface area contributed by atoms with Crippen LogP contribution in [0.3, 0.4) is 0 Å². The van der Waals surface area contributed by atoms with E-state index in [1.165, 1.54) is 5.70 Å². The predicted molar refractivity (Wildman–Crippen MR) is 69.8 cm³/mol. The molecule has 1 nitrogen and oxygen atoms in total. The standard InChI is InChI=1S/C14H25N/c1-7-11-15(13(6)9-3)14(10-4)12(5)8-2/h8,10,12,14H,2,4,6-7,9,11H2,1,3,5H3. The van der Waals surface area contributed by atoms with Crippen molar-refractivity contribution in [1.29, 1.82) is 0 Å². The largest absolute Gasteiger partial charge is 0.368 e. The SMILES string of the molecule is C=CC(C)C(C=C)N(CCC)C(=C)CC. The van der Waals surface area contributed by atoms with Crippen molar-refractivity contribution >= 4 is 0 Å². The topological polar surface area (TPSA) is 3.24 Å². The zero-order chi connectivity index (χ0) is 11.8. The molecule has 0 fully saturated rings. The molecular weight excluding hydrogens is 182 g/mol. The summed E-state index contributed by atoms with van der Waals surface area (Å²) in [5.74, 6) is 0.414. The van der Waals surface area contributed by atoms with E-state index < -0.39 is 0 Å². The minimum Gasteiger partial charge on any atom is -0.368 e. The van der Waals surface area contributed by atoms with E-state index in [-0.39, 0.29) is 0 Å². The van der Waals surface area contributed by atoms with Crippen molar-refractivity contribution in [1.82, 2.24) is 4.90 Å². The van der Waals surface area contributed by atoms with Crippen LogP contribution >= 0.6 is 0 Å². The van der Waals surface area contributed by atoms with Crippen LogP contribution in [0.15, 0.2) is 37.6 Å². The van der Waals surface area contributed by atoms with Crippen LogP contribution in [-0.2, 0) is 0 Å².